The van der Waals surface area contributed by atoms with Crippen LogP contribution in [0.4, 0.5) is 11.6 Å². The fraction of sp³-hybridized carbons (Fsp3) is 0.526. The van der Waals surface area contributed by atoms with Crippen molar-refractivity contribution in [2.45, 2.75) is 42.4 Å². The summed E-state index contributed by atoms with van der Waals surface area (Å²) in [5, 5.41) is 8.11. The van der Waals surface area contributed by atoms with Crippen LogP contribution in [0.3, 0.4) is 0 Å². The highest BCUT2D eigenvalue weighted by atomic mass is 32.2. The molecule has 1 aliphatic carbocycles. The Morgan fingerprint density at radius 1 is 0.815 bits per heavy atom. The van der Waals surface area contributed by atoms with Crippen LogP contribution in [0, 0.1) is 0 Å². The number of aromatic nitrogens is 3. The molecule has 0 unspecified atom stereocenters. The van der Waals surface area contributed by atoms with Crippen molar-refractivity contribution >= 4 is 21.5 Å². The van der Waals surface area contributed by atoms with Gasteiger partial charge in [0.2, 0.25) is 0 Å². The Morgan fingerprint density at radius 3 is 2.11 bits per heavy atom. The Balaban J connectivity index is 1.41. The van der Waals surface area contributed by atoms with E-state index in [4.69, 9.17) is 0 Å². The van der Waals surface area contributed by atoms with Crippen LogP contribution in [-0.4, -0.2) is 55.0 Å². The number of anilines is 2. The van der Waals surface area contributed by atoms with E-state index in [1.54, 1.807) is 18.3 Å². The second-order valence-electron chi connectivity index (χ2n) is 7.20. The molecule has 3 heterocycles. The highest BCUT2D eigenvalue weighted by molar-refractivity contribution is 7.92. The number of piperazine rings is 1. The smallest absolute Gasteiger partial charge is 0.200 e. The molecule has 4 rings (SSSR count). The van der Waals surface area contributed by atoms with Crippen molar-refractivity contribution in [3.8, 4) is 0 Å². The van der Waals surface area contributed by atoms with E-state index in [2.05, 4.69) is 25.0 Å². The molecular weight excluding hydrogens is 362 g/mol. The van der Waals surface area contributed by atoms with Gasteiger partial charge in [-0.05, 0) is 37.1 Å². The van der Waals surface area contributed by atoms with Crippen LogP contribution < -0.4 is 9.80 Å². The van der Waals surface area contributed by atoms with E-state index in [9.17, 15) is 8.42 Å². The van der Waals surface area contributed by atoms with Gasteiger partial charge in [-0.2, -0.15) is 0 Å². The van der Waals surface area contributed by atoms with Crippen molar-refractivity contribution in [2.75, 3.05) is 36.0 Å². The topological polar surface area (TPSA) is 79.3 Å². The summed E-state index contributed by atoms with van der Waals surface area (Å²) in [6.45, 7) is 3.31. The molecule has 144 valence electrons. The fourth-order valence-electron chi connectivity index (χ4n) is 3.89. The number of sulfone groups is 1. The Hall–Kier alpha value is -2.22. The lowest BCUT2D eigenvalue weighted by Gasteiger charge is -2.35. The third-order valence-corrected chi connectivity index (χ3v) is 7.64. The molecule has 2 aliphatic rings. The van der Waals surface area contributed by atoms with Gasteiger partial charge in [0.25, 0.3) is 0 Å². The minimum absolute atomic E-state index is 0.116. The minimum atomic E-state index is -3.36. The van der Waals surface area contributed by atoms with Gasteiger partial charge in [0.1, 0.15) is 5.82 Å². The molecule has 0 amide bonds. The first-order valence-corrected chi connectivity index (χ1v) is 11.2. The second-order valence-corrected chi connectivity index (χ2v) is 9.37. The molecule has 0 radical (unpaired) electrons. The number of rotatable bonds is 4. The zero-order valence-electron chi connectivity index (χ0n) is 15.4. The van der Waals surface area contributed by atoms with Crippen LogP contribution in [0.25, 0.3) is 0 Å². The number of pyridine rings is 1. The van der Waals surface area contributed by atoms with Gasteiger partial charge in [-0.15, -0.1) is 10.2 Å². The van der Waals surface area contributed by atoms with Crippen molar-refractivity contribution in [3.05, 3.63) is 36.5 Å². The second kappa shape index (κ2) is 7.80. The lowest BCUT2D eigenvalue weighted by Crippen LogP contribution is -2.47. The fourth-order valence-corrected chi connectivity index (χ4v) is 5.59. The summed E-state index contributed by atoms with van der Waals surface area (Å²) in [5.74, 6) is 1.72. The molecule has 1 saturated heterocycles. The van der Waals surface area contributed by atoms with E-state index in [0.717, 1.165) is 69.9 Å². The Bertz CT molecular complexity index is 843. The van der Waals surface area contributed by atoms with Gasteiger partial charge in [-0.25, -0.2) is 13.4 Å². The highest BCUT2D eigenvalue weighted by Crippen LogP contribution is 2.28. The van der Waals surface area contributed by atoms with Crippen LogP contribution >= 0.6 is 0 Å². The number of hydrogen-bond donors (Lipinski definition) is 0. The molecule has 2 aromatic heterocycles. The van der Waals surface area contributed by atoms with Crippen LogP contribution in [0.15, 0.2) is 41.6 Å². The van der Waals surface area contributed by atoms with E-state index in [1.807, 2.05) is 18.2 Å². The summed E-state index contributed by atoms with van der Waals surface area (Å²) >= 11 is 0. The molecule has 8 heteroatoms. The molecule has 0 bridgehead atoms. The molecule has 7 nitrogen and oxygen atoms in total. The summed E-state index contributed by atoms with van der Waals surface area (Å²) in [6.07, 6.45) is 6.37. The third-order valence-electron chi connectivity index (χ3n) is 5.49. The highest BCUT2D eigenvalue weighted by Gasteiger charge is 2.30. The van der Waals surface area contributed by atoms with E-state index in [0.29, 0.717) is 0 Å². The first kappa shape index (κ1) is 18.2. The van der Waals surface area contributed by atoms with Gasteiger partial charge in [-0.3, -0.25) is 0 Å². The van der Waals surface area contributed by atoms with Crippen molar-refractivity contribution in [1.29, 1.82) is 0 Å². The molecule has 0 atom stereocenters. The maximum absolute atomic E-state index is 12.7. The largest absolute Gasteiger partial charge is 0.353 e. The predicted molar refractivity (Wildman–Crippen MR) is 105 cm³/mol. The molecule has 1 saturated carbocycles. The summed E-state index contributed by atoms with van der Waals surface area (Å²) in [7, 11) is -3.36. The molecule has 2 aromatic rings. The average molecular weight is 388 g/mol. The van der Waals surface area contributed by atoms with Crippen molar-refractivity contribution in [3.63, 3.8) is 0 Å². The monoisotopic (exact) mass is 387 g/mol. The van der Waals surface area contributed by atoms with Crippen LogP contribution in [0.5, 0.6) is 0 Å². The SMILES string of the molecule is O=S(=O)(c1ccc(N2CCN(c3ccccn3)CC2)nn1)C1CCCCC1. The zero-order valence-corrected chi connectivity index (χ0v) is 16.2. The van der Waals surface area contributed by atoms with Gasteiger partial charge in [0, 0.05) is 32.4 Å². The first-order valence-electron chi connectivity index (χ1n) is 9.63. The van der Waals surface area contributed by atoms with Gasteiger partial charge in [0.15, 0.2) is 20.7 Å². The summed E-state index contributed by atoms with van der Waals surface area (Å²) < 4.78 is 25.5. The Morgan fingerprint density at radius 2 is 1.52 bits per heavy atom. The van der Waals surface area contributed by atoms with Crippen LogP contribution in [0.2, 0.25) is 0 Å². The number of hydrogen-bond acceptors (Lipinski definition) is 7. The summed E-state index contributed by atoms with van der Waals surface area (Å²) in [4.78, 5) is 8.78. The molecule has 1 aliphatic heterocycles. The maximum Gasteiger partial charge on any atom is 0.200 e. The Labute approximate surface area is 160 Å². The predicted octanol–water partition coefficient (Wildman–Crippen LogP) is 2.30. The molecule has 2 fully saturated rings. The van der Waals surface area contributed by atoms with Gasteiger partial charge >= 0.3 is 0 Å². The zero-order chi connectivity index (χ0) is 18.7. The van der Waals surface area contributed by atoms with Crippen LogP contribution in [-0.2, 0) is 9.84 Å². The van der Waals surface area contributed by atoms with Crippen molar-refractivity contribution in [2.24, 2.45) is 0 Å². The summed E-state index contributed by atoms with van der Waals surface area (Å²) in [6, 6.07) is 9.33. The first-order chi connectivity index (χ1) is 13.1. The van der Waals surface area contributed by atoms with Crippen molar-refractivity contribution < 1.29 is 8.42 Å². The lowest BCUT2D eigenvalue weighted by molar-refractivity contribution is 0.481. The van der Waals surface area contributed by atoms with E-state index in [1.165, 1.54) is 0 Å². The lowest BCUT2D eigenvalue weighted by atomic mass is 10.0. The van der Waals surface area contributed by atoms with Gasteiger partial charge < -0.3 is 9.80 Å². The molecular formula is C19H25N5O2S. The van der Waals surface area contributed by atoms with E-state index >= 15 is 0 Å². The van der Waals surface area contributed by atoms with Gasteiger partial charge in [0.05, 0.1) is 5.25 Å². The normalized spacial score (nSPS) is 19.3. The molecule has 0 spiro atoms. The quantitative estimate of drug-likeness (QED) is 0.796. The molecule has 0 N–H and O–H groups in total. The third kappa shape index (κ3) is 3.90. The van der Waals surface area contributed by atoms with E-state index < -0.39 is 9.84 Å². The van der Waals surface area contributed by atoms with Crippen LogP contribution in [0.1, 0.15) is 32.1 Å². The summed E-state index contributed by atoms with van der Waals surface area (Å²) in [5.41, 5.74) is 0. The van der Waals surface area contributed by atoms with E-state index in [-0.39, 0.29) is 10.3 Å². The molecule has 0 aromatic carbocycles. The molecule has 27 heavy (non-hydrogen) atoms. The number of nitrogens with zero attached hydrogens (tertiary/aromatic N) is 5. The van der Waals surface area contributed by atoms with Crippen molar-refractivity contribution in [1.82, 2.24) is 15.2 Å². The minimum Gasteiger partial charge on any atom is -0.353 e. The average Bonchev–Trinajstić information content (AvgIpc) is 2.75. The Kier molecular flexibility index (Phi) is 5.24. The standard InChI is InChI=1S/C19H25N5O2S/c25-27(26,16-6-2-1-3-7-16)19-10-9-18(21-22-19)24-14-12-23(13-15-24)17-8-4-5-11-20-17/h4-5,8-11,16H,1-3,6-7,12-15H2. The maximum atomic E-state index is 12.7. The van der Waals surface area contributed by atoms with Gasteiger partial charge in [-0.1, -0.05) is 25.3 Å².